The lowest BCUT2D eigenvalue weighted by atomic mass is 10.1. The molecule has 0 unspecified atom stereocenters. The fourth-order valence-electron chi connectivity index (χ4n) is 2.69. The summed E-state index contributed by atoms with van der Waals surface area (Å²) in [5.74, 6) is 2.05. The molecule has 0 bridgehead atoms. The number of thioether (sulfide) groups is 1. The zero-order valence-electron chi connectivity index (χ0n) is 13.6. The minimum atomic E-state index is 0.468. The lowest BCUT2D eigenvalue weighted by Crippen LogP contribution is -1.96. The van der Waals surface area contributed by atoms with Crippen LogP contribution >= 0.6 is 11.8 Å². The standard InChI is InChI=1S/C19H16N4OS/c1-25-19-22-16(17-18(20)21-11-12-23(17)19)13-7-9-15(10-8-13)24-14-5-3-2-4-6-14/h2-12H,1H3,(H2,20,21). The van der Waals surface area contributed by atoms with Crippen LogP contribution < -0.4 is 10.5 Å². The summed E-state index contributed by atoms with van der Waals surface area (Å²) in [5.41, 5.74) is 8.70. The van der Waals surface area contributed by atoms with E-state index in [1.54, 1.807) is 18.0 Å². The highest BCUT2D eigenvalue weighted by atomic mass is 32.2. The fourth-order valence-corrected chi connectivity index (χ4v) is 3.22. The number of nitrogen functional groups attached to an aromatic ring is 1. The zero-order valence-corrected chi connectivity index (χ0v) is 14.4. The second-order valence-corrected chi connectivity index (χ2v) is 6.19. The SMILES string of the molecule is CSc1nc(-c2ccc(Oc3ccccc3)cc2)c2c(N)nccn12. The zero-order chi connectivity index (χ0) is 17.2. The Morgan fingerprint density at radius 3 is 2.44 bits per heavy atom. The van der Waals surface area contributed by atoms with Gasteiger partial charge in [0.2, 0.25) is 0 Å². The molecular formula is C19H16N4OS. The first-order valence-electron chi connectivity index (χ1n) is 7.76. The van der Waals surface area contributed by atoms with Gasteiger partial charge in [-0.05, 0) is 42.7 Å². The monoisotopic (exact) mass is 348 g/mol. The van der Waals surface area contributed by atoms with Crippen LogP contribution in [0.3, 0.4) is 0 Å². The third-order valence-corrected chi connectivity index (χ3v) is 4.49. The molecule has 5 nitrogen and oxygen atoms in total. The number of hydrogen-bond acceptors (Lipinski definition) is 5. The Bertz CT molecular complexity index is 1010. The van der Waals surface area contributed by atoms with Crippen molar-refractivity contribution in [3.05, 3.63) is 67.0 Å². The van der Waals surface area contributed by atoms with Crippen LogP contribution in [0.5, 0.6) is 11.5 Å². The highest BCUT2D eigenvalue weighted by Gasteiger charge is 2.15. The number of fused-ring (bicyclic) bond motifs is 1. The molecule has 4 rings (SSSR count). The smallest absolute Gasteiger partial charge is 0.173 e. The maximum Gasteiger partial charge on any atom is 0.173 e. The molecule has 0 atom stereocenters. The molecule has 0 aliphatic heterocycles. The van der Waals surface area contributed by atoms with Gasteiger partial charge in [0.15, 0.2) is 5.16 Å². The number of imidazole rings is 1. The molecule has 0 spiro atoms. The maximum atomic E-state index is 6.09. The quantitative estimate of drug-likeness (QED) is 0.550. The first-order chi connectivity index (χ1) is 12.3. The van der Waals surface area contributed by atoms with Gasteiger partial charge in [0.05, 0.1) is 0 Å². The normalized spacial score (nSPS) is 10.9. The van der Waals surface area contributed by atoms with Crippen LogP contribution in [0, 0.1) is 0 Å². The summed E-state index contributed by atoms with van der Waals surface area (Å²) in [4.78, 5) is 8.92. The summed E-state index contributed by atoms with van der Waals surface area (Å²) in [7, 11) is 0. The van der Waals surface area contributed by atoms with E-state index in [0.717, 1.165) is 33.4 Å². The third kappa shape index (κ3) is 2.92. The van der Waals surface area contributed by atoms with Crippen molar-refractivity contribution in [2.75, 3.05) is 12.0 Å². The van der Waals surface area contributed by atoms with Crippen LogP contribution in [0.15, 0.2) is 72.1 Å². The second kappa shape index (κ2) is 6.49. The number of ether oxygens (including phenoxy) is 1. The number of anilines is 1. The van der Waals surface area contributed by atoms with Gasteiger partial charge in [-0.25, -0.2) is 9.97 Å². The molecule has 2 aromatic heterocycles. The van der Waals surface area contributed by atoms with E-state index in [2.05, 4.69) is 4.98 Å². The van der Waals surface area contributed by atoms with E-state index in [4.69, 9.17) is 15.5 Å². The Morgan fingerprint density at radius 2 is 1.72 bits per heavy atom. The molecule has 2 aromatic carbocycles. The van der Waals surface area contributed by atoms with E-state index in [1.165, 1.54) is 0 Å². The van der Waals surface area contributed by atoms with Crippen molar-refractivity contribution >= 4 is 23.1 Å². The number of rotatable bonds is 4. The number of hydrogen-bond donors (Lipinski definition) is 1. The van der Waals surface area contributed by atoms with E-state index in [-0.39, 0.29) is 0 Å². The Balaban J connectivity index is 1.72. The molecule has 6 heteroatoms. The average molecular weight is 348 g/mol. The second-order valence-electron chi connectivity index (χ2n) is 5.42. The summed E-state index contributed by atoms with van der Waals surface area (Å²) in [6.07, 6.45) is 5.55. The lowest BCUT2D eigenvalue weighted by molar-refractivity contribution is 0.483. The van der Waals surface area contributed by atoms with Crippen molar-refractivity contribution < 1.29 is 4.74 Å². The van der Waals surface area contributed by atoms with Gasteiger partial charge in [-0.15, -0.1) is 0 Å². The summed E-state index contributed by atoms with van der Waals surface area (Å²) >= 11 is 1.57. The average Bonchev–Trinajstić information content (AvgIpc) is 3.03. The van der Waals surface area contributed by atoms with Gasteiger partial charge in [0, 0.05) is 18.0 Å². The van der Waals surface area contributed by atoms with Gasteiger partial charge >= 0.3 is 0 Å². The largest absolute Gasteiger partial charge is 0.457 e. The van der Waals surface area contributed by atoms with Crippen LogP contribution in [-0.2, 0) is 0 Å². The van der Waals surface area contributed by atoms with E-state index >= 15 is 0 Å². The van der Waals surface area contributed by atoms with E-state index < -0.39 is 0 Å². The van der Waals surface area contributed by atoms with E-state index in [9.17, 15) is 0 Å². The van der Waals surface area contributed by atoms with Crippen LogP contribution in [0.2, 0.25) is 0 Å². The molecule has 2 heterocycles. The van der Waals surface area contributed by atoms with Crippen molar-refractivity contribution in [1.29, 1.82) is 0 Å². The Kier molecular flexibility index (Phi) is 4.03. The topological polar surface area (TPSA) is 65.4 Å². The third-order valence-electron chi connectivity index (χ3n) is 3.84. The molecule has 0 radical (unpaired) electrons. The molecule has 0 aliphatic carbocycles. The molecular weight excluding hydrogens is 332 g/mol. The van der Waals surface area contributed by atoms with Crippen molar-refractivity contribution in [3.8, 4) is 22.8 Å². The van der Waals surface area contributed by atoms with Crippen molar-refractivity contribution in [2.24, 2.45) is 0 Å². The van der Waals surface area contributed by atoms with Gasteiger partial charge < -0.3 is 10.5 Å². The van der Waals surface area contributed by atoms with Crippen molar-refractivity contribution in [3.63, 3.8) is 0 Å². The van der Waals surface area contributed by atoms with Gasteiger partial charge in [-0.2, -0.15) is 0 Å². The summed E-state index contributed by atoms with van der Waals surface area (Å²) in [6.45, 7) is 0. The summed E-state index contributed by atoms with van der Waals surface area (Å²) < 4.78 is 7.81. The molecule has 124 valence electrons. The maximum absolute atomic E-state index is 6.09. The van der Waals surface area contributed by atoms with Gasteiger partial charge in [0.25, 0.3) is 0 Å². The predicted octanol–water partition coefficient (Wildman–Crippen LogP) is 4.49. The van der Waals surface area contributed by atoms with Crippen LogP contribution in [0.4, 0.5) is 5.82 Å². The Hall–Kier alpha value is -2.99. The molecule has 0 fully saturated rings. The minimum absolute atomic E-state index is 0.468. The molecule has 0 aliphatic rings. The van der Waals surface area contributed by atoms with E-state index in [0.29, 0.717) is 5.82 Å². The molecule has 0 saturated carbocycles. The lowest BCUT2D eigenvalue weighted by Gasteiger charge is -2.06. The Morgan fingerprint density at radius 1 is 1.00 bits per heavy atom. The number of para-hydroxylation sites is 1. The first kappa shape index (κ1) is 15.5. The van der Waals surface area contributed by atoms with Gasteiger partial charge in [0.1, 0.15) is 28.5 Å². The number of nitrogens with two attached hydrogens (primary N) is 1. The minimum Gasteiger partial charge on any atom is -0.457 e. The van der Waals surface area contributed by atoms with Crippen molar-refractivity contribution in [1.82, 2.24) is 14.4 Å². The summed E-state index contributed by atoms with van der Waals surface area (Å²) in [6, 6.07) is 17.5. The molecule has 4 aromatic rings. The molecule has 0 saturated heterocycles. The molecule has 0 amide bonds. The van der Waals surface area contributed by atoms with Crippen LogP contribution in [-0.4, -0.2) is 20.6 Å². The number of benzene rings is 2. The van der Waals surface area contributed by atoms with Gasteiger partial charge in [-0.3, -0.25) is 4.40 Å². The molecule has 2 N–H and O–H groups in total. The summed E-state index contributed by atoms with van der Waals surface area (Å²) in [5, 5.41) is 0.878. The molecule has 25 heavy (non-hydrogen) atoms. The first-order valence-corrected chi connectivity index (χ1v) is 8.98. The van der Waals surface area contributed by atoms with E-state index in [1.807, 2.05) is 71.5 Å². The number of nitrogens with zero attached hydrogens (tertiary/aromatic N) is 3. The van der Waals surface area contributed by atoms with Crippen LogP contribution in [0.1, 0.15) is 0 Å². The Labute approximate surface area is 149 Å². The van der Waals surface area contributed by atoms with Crippen molar-refractivity contribution in [2.45, 2.75) is 5.16 Å². The number of aromatic nitrogens is 3. The van der Waals surface area contributed by atoms with Gasteiger partial charge in [-0.1, -0.05) is 30.0 Å². The highest BCUT2D eigenvalue weighted by Crippen LogP contribution is 2.32. The van der Waals surface area contributed by atoms with Crippen LogP contribution in [0.25, 0.3) is 16.8 Å². The predicted molar refractivity (Wildman–Crippen MR) is 101 cm³/mol. The highest BCUT2D eigenvalue weighted by molar-refractivity contribution is 7.98. The fraction of sp³-hybridized carbons (Fsp3) is 0.0526.